The number of H-pyrrole nitrogens is 1. The summed E-state index contributed by atoms with van der Waals surface area (Å²) in [6.45, 7) is 7.76. The Balaban J connectivity index is 1.51. The van der Waals surface area contributed by atoms with E-state index in [9.17, 15) is 4.79 Å². The first-order valence-corrected chi connectivity index (χ1v) is 12.5. The van der Waals surface area contributed by atoms with E-state index in [0.29, 0.717) is 22.8 Å². The number of aromatic amines is 1. The Morgan fingerprint density at radius 2 is 1.82 bits per heavy atom. The molecule has 0 bridgehead atoms. The molecular weight excluding hydrogens is 478 g/mol. The molecule has 3 aromatic heterocycles. The molecule has 6 rings (SSSR count). The number of nitrogens with zero attached hydrogens (tertiary/aromatic N) is 5. The van der Waals surface area contributed by atoms with Gasteiger partial charge in [-0.15, -0.1) is 0 Å². The standard InChI is InChI=1S/C29H29N7O2/c1-29(2,3)25-26(28(37)32-21-10-7-11-22(12-21)38-4)34-36-23(20-14-30-31-15-20)13-24(33-27(25)36)35-16-18-8-5-6-9-19(18)17-35/h5-15H,16-17H2,1-4H3,(H,30,31)(H,32,37). The second kappa shape index (κ2) is 9.02. The van der Waals surface area contributed by atoms with Gasteiger partial charge in [-0.05, 0) is 28.7 Å². The van der Waals surface area contributed by atoms with Crippen LogP contribution in [0.1, 0.15) is 48.0 Å². The van der Waals surface area contributed by atoms with Gasteiger partial charge < -0.3 is 15.0 Å². The largest absolute Gasteiger partial charge is 0.497 e. The summed E-state index contributed by atoms with van der Waals surface area (Å²) in [5, 5.41) is 14.9. The number of anilines is 2. The number of hydrogen-bond acceptors (Lipinski definition) is 6. The predicted molar refractivity (Wildman–Crippen MR) is 147 cm³/mol. The zero-order valence-electron chi connectivity index (χ0n) is 21.8. The number of hydrogen-bond donors (Lipinski definition) is 2. The SMILES string of the molecule is COc1cccc(NC(=O)c2nn3c(-c4cn[nH]c4)cc(N4Cc5ccccc5C4)nc3c2C(C)(C)C)c1. The second-order valence-corrected chi connectivity index (χ2v) is 10.5. The molecule has 192 valence electrons. The zero-order chi connectivity index (χ0) is 26.4. The number of methoxy groups -OCH3 is 1. The monoisotopic (exact) mass is 507 g/mol. The lowest BCUT2D eigenvalue weighted by Gasteiger charge is -2.21. The molecule has 1 aliphatic heterocycles. The molecule has 0 aliphatic carbocycles. The minimum absolute atomic E-state index is 0.304. The Morgan fingerprint density at radius 1 is 1.05 bits per heavy atom. The van der Waals surface area contributed by atoms with Gasteiger partial charge in [-0.3, -0.25) is 9.89 Å². The molecule has 0 radical (unpaired) electrons. The molecule has 1 amide bonds. The number of aromatic nitrogens is 5. The molecule has 0 fully saturated rings. The minimum Gasteiger partial charge on any atom is -0.497 e. The average Bonchev–Trinajstić information content (AvgIpc) is 3.66. The molecule has 0 saturated heterocycles. The average molecular weight is 508 g/mol. The normalized spacial score (nSPS) is 13.1. The molecule has 9 heteroatoms. The third-order valence-corrected chi connectivity index (χ3v) is 6.83. The third-order valence-electron chi connectivity index (χ3n) is 6.83. The van der Waals surface area contributed by atoms with Gasteiger partial charge in [-0.1, -0.05) is 51.1 Å². The first kappa shape index (κ1) is 23.7. The van der Waals surface area contributed by atoms with Crippen molar-refractivity contribution in [2.75, 3.05) is 17.3 Å². The van der Waals surface area contributed by atoms with E-state index in [2.05, 4.69) is 65.5 Å². The number of ether oxygens (including phenoxy) is 1. The number of carbonyl (C=O) groups is 1. The lowest BCUT2D eigenvalue weighted by molar-refractivity contribution is 0.102. The van der Waals surface area contributed by atoms with E-state index in [1.165, 1.54) is 11.1 Å². The van der Waals surface area contributed by atoms with E-state index in [1.54, 1.807) is 23.9 Å². The number of carbonyl (C=O) groups excluding carboxylic acids is 1. The Hall–Kier alpha value is -4.66. The van der Waals surface area contributed by atoms with Crippen molar-refractivity contribution in [3.63, 3.8) is 0 Å². The van der Waals surface area contributed by atoms with E-state index in [0.717, 1.165) is 35.7 Å². The van der Waals surface area contributed by atoms with Crippen LogP contribution in [0.25, 0.3) is 16.9 Å². The van der Waals surface area contributed by atoms with E-state index in [-0.39, 0.29) is 5.91 Å². The molecule has 2 aromatic carbocycles. The van der Waals surface area contributed by atoms with E-state index in [4.69, 9.17) is 14.8 Å². The van der Waals surface area contributed by atoms with Gasteiger partial charge in [0.05, 0.1) is 19.0 Å². The summed E-state index contributed by atoms with van der Waals surface area (Å²) < 4.78 is 7.08. The fourth-order valence-corrected chi connectivity index (χ4v) is 5.00. The van der Waals surface area contributed by atoms with Crippen LogP contribution in [-0.4, -0.2) is 37.8 Å². The van der Waals surface area contributed by atoms with Crippen molar-refractivity contribution < 1.29 is 9.53 Å². The second-order valence-electron chi connectivity index (χ2n) is 10.5. The van der Waals surface area contributed by atoms with Crippen LogP contribution in [0, 0.1) is 0 Å². The van der Waals surface area contributed by atoms with Gasteiger partial charge in [0.1, 0.15) is 11.6 Å². The predicted octanol–water partition coefficient (Wildman–Crippen LogP) is 5.20. The van der Waals surface area contributed by atoms with Crippen LogP contribution in [0.4, 0.5) is 11.5 Å². The molecule has 0 atom stereocenters. The van der Waals surface area contributed by atoms with Crippen molar-refractivity contribution in [3.8, 4) is 17.0 Å². The molecule has 0 spiro atoms. The van der Waals surface area contributed by atoms with Crippen molar-refractivity contribution in [2.24, 2.45) is 0 Å². The van der Waals surface area contributed by atoms with Crippen LogP contribution in [0.3, 0.4) is 0 Å². The van der Waals surface area contributed by atoms with Gasteiger partial charge in [0.25, 0.3) is 5.91 Å². The highest BCUT2D eigenvalue weighted by molar-refractivity contribution is 6.05. The van der Waals surface area contributed by atoms with Crippen LogP contribution in [0.2, 0.25) is 0 Å². The van der Waals surface area contributed by atoms with E-state index < -0.39 is 5.41 Å². The van der Waals surface area contributed by atoms with Crippen molar-refractivity contribution in [3.05, 3.63) is 89.4 Å². The molecular formula is C29H29N7O2. The molecule has 0 saturated carbocycles. The summed E-state index contributed by atoms with van der Waals surface area (Å²) in [5.41, 5.74) is 6.24. The van der Waals surface area contributed by atoms with Crippen LogP contribution in [0.15, 0.2) is 67.0 Å². The van der Waals surface area contributed by atoms with Crippen LogP contribution in [0.5, 0.6) is 5.75 Å². The highest BCUT2D eigenvalue weighted by Crippen LogP contribution is 2.36. The summed E-state index contributed by atoms with van der Waals surface area (Å²) in [6.07, 6.45) is 3.58. The maximum Gasteiger partial charge on any atom is 0.276 e. The van der Waals surface area contributed by atoms with Crippen molar-refractivity contribution in [1.82, 2.24) is 24.8 Å². The maximum atomic E-state index is 13.7. The lowest BCUT2D eigenvalue weighted by Crippen LogP contribution is -2.21. The van der Waals surface area contributed by atoms with E-state index >= 15 is 0 Å². The first-order valence-electron chi connectivity index (χ1n) is 12.5. The third kappa shape index (κ3) is 4.15. The fourth-order valence-electron chi connectivity index (χ4n) is 5.00. The van der Waals surface area contributed by atoms with Gasteiger partial charge in [-0.2, -0.15) is 10.2 Å². The summed E-state index contributed by atoms with van der Waals surface area (Å²) in [4.78, 5) is 21.0. The lowest BCUT2D eigenvalue weighted by atomic mass is 9.86. The minimum atomic E-state index is -0.407. The Labute approximate surface area is 220 Å². The van der Waals surface area contributed by atoms with Crippen molar-refractivity contribution >= 4 is 23.1 Å². The number of nitrogens with one attached hydrogen (secondary N) is 2. The summed E-state index contributed by atoms with van der Waals surface area (Å²) in [7, 11) is 1.60. The van der Waals surface area contributed by atoms with Crippen LogP contribution in [-0.2, 0) is 18.5 Å². The van der Waals surface area contributed by atoms with Gasteiger partial charge in [0.15, 0.2) is 11.3 Å². The van der Waals surface area contributed by atoms with Gasteiger partial charge >= 0.3 is 0 Å². The molecule has 38 heavy (non-hydrogen) atoms. The topological polar surface area (TPSA) is 100 Å². The maximum absolute atomic E-state index is 13.7. The summed E-state index contributed by atoms with van der Waals surface area (Å²) in [6, 6.07) is 17.7. The van der Waals surface area contributed by atoms with Crippen LogP contribution < -0.4 is 15.0 Å². The first-order chi connectivity index (χ1) is 18.3. The number of fused-ring (bicyclic) bond motifs is 2. The molecule has 2 N–H and O–H groups in total. The summed E-state index contributed by atoms with van der Waals surface area (Å²) >= 11 is 0. The Kier molecular flexibility index (Phi) is 5.63. The zero-order valence-corrected chi connectivity index (χ0v) is 21.8. The Morgan fingerprint density at radius 3 is 2.47 bits per heavy atom. The highest BCUT2D eigenvalue weighted by Gasteiger charge is 2.32. The number of rotatable bonds is 5. The fraction of sp³-hybridized carbons (Fsp3) is 0.241. The van der Waals surface area contributed by atoms with Crippen molar-refractivity contribution in [1.29, 1.82) is 0 Å². The van der Waals surface area contributed by atoms with Crippen molar-refractivity contribution in [2.45, 2.75) is 39.3 Å². The molecule has 1 aliphatic rings. The van der Waals surface area contributed by atoms with Gasteiger partial charge in [-0.25, -0.2) is 9.50 Å². The number of benzene rings is 2. The smallest absolute Gasteiger partial charge is 0.276 e. The van der Waals surface area contributed by atoms with Crippen LogP contribution >= 0.6 is 0 Å². The quantitative estimate of drug-likeness (QED) is 0.339. The molecule has 5 aromatic rings. The van der Waals surface area contributed by atoms with Gasteiger partial charge in [0.2, 0.25) is 0 Å². The molecule has 0 unspecified atom stereocenters. The van der Waals surface area contributed by atoms with E-state index in [1.807, 2.05) is 30.5 Å². The highest BCUT2D eigenvalue weighted by atomic mass is 16.5. The van der Waals surface area contributed by atoms with Gasteiger partial charge in [0, 0.05) is 48.2 Å². The summed E-state index contributed by atoms with van der Waals surface area (Å²) in [5.74, 6) is 1.19. The Bertz CT molecular complexity index is 1620. The number of amides is 1. The molecule has 9 nitrogen and oxygen atoms in total. The molecule has 4 heterocycles.